The number of halogens is 2. The van der Waals surface area contributed by atoms with E-state index in [2.05, 4.69) is 9.97 Å². The van der Waals surface area contributed by atoms with Crippen molar-refractivity contribution in [1.29, 1.82) is 5.26 Å². The van der Waals surface area contributed by atoms with Gasteiger partial charge in [-0.15, -0.1) is 11.3 Å². The first kappa shape index (κ1) is 20.5. The quantitative estimate of drug-likeness (QED) is 0.435. The van der Waals surface area contributed by atoms with Crippen LogP contribution in [0.1, 0.15) is 5.56 Å². The van der Waals surface area contributed by atoms with Gasteiger partial charge in [-0.3, -0.25) is 9.78 Å². The smallest absolute Gasteiger partial charge is 0.333 e. The molecule has 3 heterocycles. The molecule has 0 radical (unpaired) electrons. The van der Waals surface area contributed by atoms with E-state index in [1.807, 2.05) is 6.07 Å². The number of pyridine rings is 1. The standard InChI is InChI=1S/C23H12F2N4O3S/c1-32-18-6-13(12(8-26)5-15(18)25)19-7-16-21(33-19)22(30)29(23(31)28-16)17-10-27-9-11-3-2-4-14(24)20(11)17/h2-7,9-10H,1H3,(H,28,31). The lowest BCUT2D eigenvalue weighted by molar-refractivity contribution is 0.386. The van der Waals surface area contributed by atoms with E-state index in [0.717, 1.165) is 22.0 Å². The maximum absolute atomic E-state index is 14.6. The van der Waals surface area contributed by atoms with Crippen molar-refractivity contribution < 1.29 is 13.5 Å². The molecule has 0 atom stereocenters. The minimum absolute atomic E-state index is 0.00913. The fraction of sp³-hybridized carbons (Fsp3) is 0.0435. The van der Waals surface area contributed by atoms with Gasteiger partial charge >= 0.3 is 5.69 Å². The molecule has 0 aliphatic rings. The highest BCUT2D eigenvalue weighted by atomic mass is 32.1. The maximum Gasteiger partial charge on any atom is 0.333 e. The third kappa shape index (κ3) is 3.18. The number of benzene rings is 2. The number of rotatable bonds is 3. The molecule has 2 aromatic carbocycles. The van der Waals surface area contributed by atoms with E-state index < -0.39 is 22.9 Å². The number of fused-ring (bicyclic) bond motifs is 2. The molecule has 33 heavy (non-hydrogen) atoms. The van der Waals surface area contributed by atoms with Crippen LogP contribution in [0, 0.1) is 23.0 Å². The van der Waals surface area contributed by atoms with Gasteiger partial charge in [0.25, 0.3) is 5.56 Å². The second kappa shape index (κ2) is 7.65. The predicted molar refractivity (Wildman–Crippen MR) is 120 cm³/mol. The van der Waals surface area contributed by atoms with Gasteiger partial charge in [0.15, 0.2) is 11.6 Å². The molecule has 10 heteroatoms. The topological polar surface area (TPSA) is 101 Å². The average molecular weight is 462 g/mol. The molecule has 0 aliphatic heterocycles. The van der Waals surface area contributed by atoms with Gasteiger partial charge in [0.05, 0.1) is 36.1 Å². The Kier molecular flexibility index (Phi) is 4.76. The molecule has 7 nitrogen and oxygen atoms in total. The Morgan fingerprint density at radius 2 is 1.97 bits per heavy atom. The Morgan fingerprint density at radius 1 is 1.15 bits per heavy atom. The summed E-state index contributed by atoms with van der Waals surface area (Å²) >= 11 is 1.01. The fourth-order valence-electron chi connectivity index (χ4n) is 3.71. The first-order valence-electron chi connectivity index (χ1n) is 9.52. The van der Waals surface area contributed by atoms with Crippen LogP contribution < -0.4 is 16.0 Å². The van der Waals surface area contributed by atoms with Gasteiger partial charge in [0.2, 0.25) is 0 Å². The molecule has 0 unspecified atom stereocenters. The molecule has 5 rings (SSSR count). The molecule has 0 bridgehead atoms. The molecule has 0 saturated heterocycles. The molecule has 0 aliphatic carbocycles. The molecular formula is C23H12F2N4O3S. The van der Waals surface area contributed by atoms with Crippen LogP contribution in [0.25, 0.3) is 37.1 Å². The third-order valence-electron chi connectivity index (χ3n) is 5.21. The third-order valence-corrected chi connectivity index (χ3v) is 6.36. The number of hydrogen-bond acceptors (Lipinski definition) is 6. The fourth-order valence-corrected chi connectivity index (χ4v) is 4.78. The zero-order valence-corrected chi connectivity index (χ0v) is 17.7. The minimum atomic E-state index is -0.772. The zero-order chi connectivity index (χ0) is 23.3. The molecule has 0 fully saturated rings. The molecule has 0 saturated carbocycles. The molecule has 162 valence electrons. The van der Waals surface area contributed by atoms with Crippen molar-refractivity contribution in [3.05, 3.63) is 86.8 Å². The second-order valence-electron chi connectivity index (χ2n) is 7.06. The number of H-pyrrole nitrogens is 1. The van der Waals surface area contributed by atoms with Crippen molar-refractivity contribution in [2.75, 3.05) is 7.11 Å². The van der Waals surface area contributed by atoms with Gasteiger partial charge in [-0.2, -0.15) is 5.26 Å². The average Bonchev–Trinajstić information content (AvgIpc) is 3.23. The maximum atomic E-state index is 14.6. The summed E-state index contributed by atoms with van der Waals surface area (Å²) in [6.07, 6.45) is 2.69. The first-order chi connectivity index (χ1) is 15.9. The molecule has 1 N–H and O–H groups in total. The summed E-state index contributed by atoms with van der Waals surface area (Å²) in [5, 5.41) is 9.96. The highest BCUT2D eigenvalue weighted by Gasteiger charge is 2.19. The number of hydrogen-bond donors (Lipinski definition) is 1. The summed E-state index contributed by atoms with van der Waals surface area (Å²) in [5.74, 6) is -1.36. The number of aromatic amines is 1. The molecule has 0 amide bonds. The Hall–Kier alpha value is -4.36. The Morgan fingerprint density at radius 3 is 2.73 bits per heavy atom. The summed E-state index contributed by atoms with van der Waals surface area (Å²) in [5.41, 5.74) is -0.803. The van der Waals surface area contributed by atoms with Gasteiger partial charge < -0.3 is 9.72 Å². The van der Waals surface area contributed by atoms with E-state index in [0.29, 0.717) is 15.8 Å². The van der Waals surface area contributed by atoms with Crippen LogP contribution in [0.4, 0.5) is 8.78 Å². The Bertz CT molecular complexity index is 1740. The molecule has 3 aromatic heterocycles. The van der Waals surface area contributed by atoms with Gasteiger partial charge in [-0.05, 0) is 24.3 Å². The molecule has 5 aromatic rings. The number of nitriles is 1. The van der Waals surface area contributed by atoms with Crippen molar-refractivity contribution in [2.24, 2.45) is 0 Å². The van der Waals surface area contributed by atoms with Crippen LogP contribution in [0.15, 0.2) is 58.4 Å². The van der Waals surface area contributed by atoms with Gasteiger partial charge in [0, 0.05) is 27.4 Å². The largest absolute Gasteiger partial charge is 0.494 e. The normalized spacial score (nSPS) is 11.1. The van der Waals surface area contributed by atoms with Crippen LogP contribution in [0.2, 0.25) is 0 Å². The van der Waals surface area contributed by atoms with Gasteiger partial charge in [0.1, 0.15) is 10.5 Å². The number of nitrogens with zero attached hydrogens (tertiary/aromatic N) is 3. The highest BCUT2D eigenvalue weighted by molar-refractivity contribution is 7.22. The minimum Gasteiger partial charge on any atom is -0.494 e. The Labute approximate surface area is 187 Å². The van der Waals surface area contributed by atoms with E-state index in [9.17, 15) is 23.6 Å². The SMILES string of the molecule is COc1cc(-c2cc3[nH]c(=O)n(-c4cncc5cccc(F)c45)c(=O)c3s2)c(C#N)cc1F. The zero-order valence-electron chi connectivity index (χ0n) is 16.8. The van der Waals surface area contributed by atoms with Crippen LogP contribution in [-0.2, 0) is 0 Å². The number of aromatic nitrogens is 3. The van der Waals surface area contributed by atoms with E-state index in [4.69, 9.17) is 4.74 Å². The summed E-state index contributed by atoms with van der Waals surface area (Å²) in [4.78, 5) is 33.3. The van der Waals surface area contributed by atoms with Crippen LogP contribution in [-0.4, -0.2) is 21.6 Å². The molecule has 0 spiro atoms. The van der Waals surface area contributed by atoms with Crippen LogP contribution in [0.5, 0.6) is 5.75 Å². The first-order valence-corrected chi connectivity index (χ1v) is 10.3. The van der Waals surface area contributed by atoms with Crippen molar-refractivity contribution in [3.8, 4) is 27.9 Å². The van der Waals surface area contributed by atoms with Gasteiger partial charge in [-0.1, -0.05) is 12.1 Å². The van der Waals surface area contributed by atoms with Crippen molar-refractivity contribution in [3.63, 3.8) is 0 Å². The van der Waals surface area contributed by atoms with E-state index in [-0.39, 0.29) is 32.6 Å². The number of methoxy groups -OCH3 is 1. The lowest BCUT2D eigenvalue weighted by atomic mass is 10.1. The summed E-state index contributed by atoms with van der Waals surface area (Å²) in [7, 11) is 1.30. The van der Waals surface area contributed by atoms with E-state index in [1.165, 1.54) is 43.8 Å². The lowest BCUT2D eigenvalue weighted by Gasteiger charge is -2.08. The summed E-state index contributed by atoms with van der Waals surface area (Å²) < 4.78 is 34.7. The molecular weight excluding hydrogens is 450 g/mol. The van der Waals surface area contributed by atoms with Crippen molar-refractivity contribution >= 4 is 32.3 Å². The van der Waals surface area contributed by atoms with Gasteiger partial charge in [-0.25, -0.2) is 18.1 Å². The van der Waals surface area contributed by atoms with E-state index in [1.54, 1.807) is 6.07 Å². The second-order valence-corrected chi connectivity index (χ2v) is 8.12. The van der Waals surface area contributed by atoms with Crippen molar-refractivity contribution in [1.82, 2.24) is 14.5 Å². The summed E-state index contributed by atoms with van der Waals surface area (Å²) in [6.45, 7) is 0. The number of ether oxygens (including phenoxy) is 1. The van der Waals surface area contributed by atoms with Crippen LogP contribution >= 0.6 is 11.3 Å². The predicted octanol–water partition coefficient (Wildman–Crippen LogP) is 4.11. The van der Waals surface area contributed by atoms with Crippen LogP contribution in [0.3, 0.4) is 0 Å². The monoisotopic (exact) mass is 462 g/mol. The van der Waals surface area contributed by atoms with Crippen molar-refractivity contribution in [2.45, 2.75) is 0 Å². The van der Waals surface area contributed by atoms with E-state index >= 15 is 0 Å². The summed E-state index contributed by atoms with van der Waals surface area (Å²) in [6, 6.07) is 10.2. The highest BCUT2D eigenvalue weighted by Crippen LogP contribution is 2.36. The Balaban J connectivity index is 1.80. The number of nitrogens with one attached hydrogen (secondary N) is 1. The lowest BCUT2D eigenvalue weighted by Crippen LogP contribution is -2.33. The number of thiophene rings is 1.